The summed E-state index contributed by atoms with van der Waals surface area (Å²) in [6, 6.07) is 4.55. The molecule has 0 atom stereocenters. The van der Waals surface area contributed by atoms with Crippen LogP contribution in [0.4, 0.5) is 33.5 Å². The highest BCUT2D eigenvalue weighted by molar-refractivity contribution is 6.34. The summed E-state index contributed by atoms with van der Waals surface area (Å²) in [5.41, 5.74) is -0.860. The van der Waals surface area contributed by atoms with Crippen molar-refractivity contribution in [2.45, 2.75) is 19.1 Å². The Morgan fingerprint density at radius 2 is 2.00 bits per heavy atom. The number of amides is 1. The van der Waals surface area contributed by atoms with Crippen molar-refractivity contribution in [1.29, 1.82) is 0 Å². The van der Waals surface area contributed by atoms with E-state index in [1.807, 2.05) is 0 Å². The molecule has 0 aliphatic carbocycles. The van der Waals surface area contributed by atoms with Gasteiger partial charge < -0.3 is 10.6 Å². The standard InChI is InChI=1S/C20H15ClF5N7O/c1-27-19(34)11-3-2-10(6-13(11)21)30-17-18-29-7-14(33(18)5-4-28-17)12-8-32(9-15(22)23)31-16(12)20(24,25)26/h2-8,15H,9H2,1H3,(H,27,34)(H,28,30). The van der Waals surface area contributed by atoms with Crippen molar-refractivity contribution in [3.05, 3.63) is 59.3 Å². The quantitative estimate of drug-likeness (QED) is 0.378. The van der Waals surface area contributed by atoms with Gasteiger partial charge >= 0.3 is 6.18 Å². The molecule has 0 radical (unpaired) electrons. The molecule has 178 valence electrons. The molecule has 14 heteroatoms. The summed E-state index contributed by atoms with van der Waals surface area (Å²) in [5, 5.41) is 8.90. The Hall–Kier alpha value is -3.74. The van der Waals surface area contributed by atoms with Crippen molar-refractivity contribution in [2.75, 3.05) is 12.4 Å². The van der Waals surface area contributed by atoms with Crippen LogP contribution in [0.3, 0.4) is 0 Å². The second kappa shape index (κ2) is 8.89. The number of alkyl halides is 5. The molecule has 0 saturated carbocycles. The Balaban J connectivity index is 1.74. The first-order chi connectivity index (χ1) is 16.1. The Morgan fingerprint density at radius 1 is 1.24 bits per heavy atom. The summed E-state index contributed by atoms with van der Waals surface area (Å²) in [5.74, 6) is -0.187. The van der Waals surface area contributed by atoms with Crippen LogP contribution in [0.1, 0.15) is 16.1 Å². The third-order valence-corrected chi connectivity index (χ3v) is 5.08. The van der Waals surface area contributed by atoms with Crippen molar-refractivity contribution in [2.24, 2.45) is 0 Å². The molecule has 3 aromatic heterocycles. The van der Waals surface area contributed by atoms with E-state index in [-0.39, 0.29) is 33.7 Å². The molecule has 4 aromatic rings. The summed E-state index contributed by atoms with van der Waals surface area (Å²) in [6.45, 7) is -0.985. The van der Waals surface area contributed by atoms with E-state index in [0.29, 0.717) is 10.4 Å². The number of carbonyl (C=O) groups excluding carboxylic acids is 1. The number of fused-ring (bicyclic) bond motifs is 1. The highest BCUT2D eigenvalue weighted by Crippen LogP contribution is 2.37. The number of anilines is 2. The third kappa shape index (κ3) is 4.51. The molecule has 0 unspecified atom stereocenters. The fourth-order valence-electron chi connectivity index (χ4n) is 3.31. The third-order valence-electron chi connectivity index (χ3n) is 4.76. The predicted molar refractivity (Wildman–Crippen MR) is 113 cm³/mol. The van der Waals surface area contributed by atoms with E-state index in [1.165, 1.54) is 42.2 Å². The van der Waals surface area contributed by atoms with Crippen LogP contribution < -0.4 is 10.6 Å². The number of carbonyl (C=O) groups is 1. The van der Waals surface area contributed by atoms with Gasteiger partial charge in [-0.1, -0.05) is 11.6 Å². The average molecular weight is 500 g/mol. The molecular formula is C20H15ClF5N7O. The molecule has 1 amide bonds. The van der Waals surface area contributed by atoms with E-state index in [2.05, 4.69) is 25.7 Å². The maximum Gasteiger partial charge on any atom is 0.435 e. The van der Waals surface area contributed by atoms with E-state index in [9.17, 15) is 26.7 Å². The van der Waals surface area contributed by atoms with Gasteiger partial charge in [0.25, 0.3) is 12.3 Å². The molecule has 1 aromatic carbocycles. The second-order valence-electron chi connectivity index (χ2n) is 7.01. The molecule has 2 N–H and O–H groups in total. The van der Waals surface area contributed by atoms with Gasteiger partial charge in [0.1, 0.15) is 6.54 Å². The predicted octanol–water partition coefficient (Wildman–Crippen LogP) is 4.63. The normalized spacial score (nSPS) is 11.9. The molecule has 0 aliphatic heterocycles. The van der Waals surface area contributed by atoms with Crippen molar-refractivity contribution < 1.29 is 26.7 Å². The van der Waals surface area contributed by atoms with E-state index < -0.39 is 30.4 Å². The number of hydrogen-bond acceptors (Lipinski definition) is 5. The summed E-state index contributed by atoms with van der Waals surface area (Å²) >= 11 is 6.16. The Morgan fingerprint density at radius 3 is 2.65 bits per heavy atom. The highest BCUT2D eigenvalue weighted by Gasteiger charge is 2.38. The minimum atomic E-state index is -4.87. The number of rotatable bonds is 6. The lowest BCUT2D eigenvalue weighted by Gasteiger charge is -2.10. The van der Waals surface area contributed by atoms with Crippen molar-refractivity contribution >= 4 is 34.7 Å². The number of imidazole rings is 1. The van der Waals surface area contributed by atoms with E-state index in [4.69, 9.17) is 11.6 Å². The fourth-order valence-corrected chi connectivity index (χ4v) is 3.57. The Labute approximate surface area is 193 Å². The number of halogens is 6. The van der Waals surface area contributed by atoms with Crippen molar-refractivity contribution in [3.63, 3.8) is 0 Å². The smallest absolute Gasteiger partial charge is 0.355 e. The van der Waals surface area contributed by atoms with Gasteiger partial charge in [0, 0.05) is 31.3 Å². The lowest BCUT2D eigenvalue weighted by molar-refractivity contribution is -0.141. The first-order valence-electron chi connectivity index (χ1n) is 9.62. The minimum Gasteiger partial charge on any atom is -0.355 e. The molecule has 8 nitrogen and oxygen atoms in total. The van der Waals surface area contributed by atoms with Crippen LogP contribution in [0.2, 0.25) is 5.02 Å². The van der Waals surface area contributed by atoms with E-state index >= 15 is 0 Å². The van der Waals surface area contributed by atoms with E-state index in [0.717, 1.165) is 6.20 Å². The summed E-state index contributed by atoms with van der Waals surface area (Å²) in [7, 11) is 1.47. The van der Waals surface area contributed by atoms with Crippen LogP contribution in [-0.2, 0) is 12.7 Å². The van der Waals surface area contributed by atoms with Gasteiger partial charge in [0.15, 0.2) is 17.2 Å². The maximum atomic E-state index is 13.6. The fraction of sp³-hybridized carbons (Fsp3) is 0.200. The van der Waals surface area contributed by atoms with Gasteiger partial charge in [-0.25, -0.2) is 18.7 Å². The lowest BCUT2D eigenvalue weighted by Crippen LogP contribution is -2.18. The zero-order valence-electron chi connectivity index (χ0n) is 17.2. The highest BCUT2D eigenvalue weighted by atomic mass is 35.5. The zero-order valence-corrected chi connectivity index (χ0v) is 18.0. The van der Waals surface area contributed by atoms with Gasteiger partial charge in [0.05, 0.1) is 28.0 Å². The van der Waals surface area contributed by atoms with Gasteiger partial charge in [0.2, 0.25) is 0 Å². The van der Waals surface area contributed by atoms with Crippen LogP contribution in [0, 0.1) is 0 Å². The van der Waals surface area contributed by atoms with Crippen LogP contribution >= 0.6 is 11.6 Å². The van der Waals surface area contributed by atoms with Gasteiger partial charge in [-0.2, -0.15) is 18.3 Å². The van der Waals surface area contributed by atoms with E-state index in [1.54, 1.807) is 6.07 Å². The van der Waals surface area contributed by atoms with Gasteiger partial charge in [-0.05, 0) is 18.2 Å². The molecule has 0 saturated heterocycles. The zero-order chi connectivity index (χ0) is 24.6. The van der Waals surface area contributed by atoms with Crippen LogP contribution in [0.25, 0.3) is 16.9 Å². The number of hydrogen-bond donors (Lipinski definition) is 2. The average Bonchev–Trinajstić information content (AvgIpc) is 3.37. The van der Waals surface area contributed by atoms with Crippen LogP contribution in [-0.4, -0.2) is 43.5 Å². The lowest BCUT2D eigenvalue weighted by atomic mass is 10.2. The molecule has 0 fully saturated rings. The number of nitrogens with one attached hydrogen (secondary N) is 2. The van der Waals surface area contributed by atoms with Crippen molar-refractivity contribution in [1.82, 2.24) is 29.5 Å². The second-order valence-corrected chi connectivity index (χ2v) is 7.42. The Bertz CT molecular complexity index is 1370. The molecule has 34 heavy (non-hydrogen) atoms. The van der Waals surface area contributed by atoms with Crippen LogP contribution in [0.5, 0.6) is 0 Å². The Kier molecular flexibility index (Phi) is 6.13. The minimum absolute atomic E-state index is 0.0127. The summed E-state index contributed by atoms with van der Waals surface area (Å²) in [4.78, 5) is 20.1. The molecule has 4 rings (SSSR count). The topological polar surface area (TPSA) is 89.1 Å². The SMILES string of the molecule is CNC(=O)c1ccc(Nc2nccn3c(-c4cn(CC(F)F)nc4C(F)(F)F)cnc23)cc1Cl. The summed E-state index contributed by atoms with van der Waals surface area (Å²) in [6.07, 6.45) is -2.96. The monoisotopic (exact) mass is 499 g/mol. The first-order valence-corrected chi connectivity index (χ1v) is 10.00. The van der Waals surface area contributed by atoms with Gasteiger partial charge in [-0.3, -0.25) is 13.9 Å². The largest absolute Gasteiger partial charge is 0.435 e. The first kappa shape index (κ1) is 23.4. The number of aromatic nitrogens is 5. The molecule has 0 spiro atoms. The molecule has 0 bridgehead atoms. The molecular weight excluding hydrogens is 485 g/mol. The number of nitrogens with zero attached hydrogens (tertiary/aromatic N) is 5. The molecule has 0 aliphatic rings. The maximum absolute atomic E-state index is 13.6. The van der Waals surface area contributed by atoms with Crippen LogP contribution in [0.15, 0.2) is 43.0 Å². The summed E-state index contributed by atoms with van der Waals surface area (Å²) < 4.78 is 68.0. The van der Waals surface area contributed by atoms with Gasteiger partial charge in [-0.15, -0.1) is 0 Å². The van der Waals surface area contributed by atoms with Crippen molar-refractivity contribution in [3.8, 4) is 11.3 Å². The number of benzene rings is 1. The molecule has 3 heterocycles.